The van der Waals surface area contributed by atoms with Gasteiger partial charge in [0.2, 0.25) is 0 Å². The smallest absolute Gasteiger partial charge is 0.137 e. The first-order valence-corrected chi connectivity index (χ1v) is 8.00. The Morgan fingerprint density at radius 3 is 2.12 bits per heavy atom. The van der Waals surface area contributed by atoms with Crippen molar-refractivity contribution < 1.29 is 0 Å². The molecule has 0 spiro atoms. The fourth-order valence-electron chi connectivity index (χ4n) is 3.42. The lowest BCUT2D eigenvalue weighted by Crippen LogP contribution is -1.94. The van der Waals surface area contributed by atoms with Crippen LogP contribution in [0.2, 0.25) is 0 Å². The van der Waals surface area contributed by atoms with Crippen molar-refractivity contribution >= 4 is 21.8 Å². The predicted molar refractivity (Wildman–Crippen MR) is 98.4 cm³/mol. The van der Waals surface area contributed by atoms with Crippen LogP contribution in [0.5, 0.6) is 0 Å². The van der Waals surface area contributed by atoms with E-state index in [2.05, 4.69) is 87.3 Å². The second-order valence-electron chi connectivity index (χ2n) is 5.86. The first-order chi connectivity index (χ1) is 11.9. The highest BCUT2D eigenvalue weighted by Gasteiger charge is 2.11. The van der Waals surface area contributed by atoms with Gasteiger partial charge in [0, 0.05) is 34.4 Å². The summed E-state index contributed by atoms with van der Waals surface area (Å²) in [4.78, 5) is 7.55. The number of aromatic amines is 1. The third kappa shape index (κ3) is 1.88. The molecule has 2 aromatic heterocycles. The van der Waals surface area contributed by atoms with Gasteiger partial charge < -0.3 is 9.55 Å². The molecule has 0 fully saturated rings. The molecule has 0 saturated heterocycles. The molecule has 3 aromatic carbocycles. The molecule has 2 heterocycles. The lowest BCUT2D eigenvalue weighted by molar-refractivity contribution is 1.18. The molecule has 114 valence electrons. The SMILES string of the molecule is c1cc(-c2ncc[nH]2)cc(-n2c3ccccc3c3ccccc32)c1. The van der Waals surface area contributed by atoms with E-state index in [0.717, 1.165) is 17.1 Å². The largest absolute Gasteiger partial charge is 0.345 e. The van der Waals surface area contributed by atoms with Crippen molar-refractivity contribution in [3.63, 3.8) is 0 Å². The van der Waals surface area contributed by atoms with Crippen LogP contribution in [0.1, 0.15) is 0 Å². The third-order valence-corrected chi connectivity index (χ3v) is 4.46. The Balaban J connectivity index is 1.84. The quantitative estimate of drug-likeness (QED) is 0.479. The van der Waals surface area contributed by atoms with Crippen molar-refractivity contribution in [1.82, 2.24) is 14.5 Å². The number of H-pyrrole nitrogens is 1. The molecule has 5 rings (SSSR count). The van der Waals surface area contributed by atoms with E-state index in [1.807, 2.05) is 6.20 Å². The molecule has 0 amide bonds. The predicted octanol–water partition coefficient (Wildman–Crippen LogP) is 5.17. The van der Waals surface area contributed by atoms with Crippen LogP contribution in [-0.2, 0) is 0 Å². The van der Waals surface area contributed by atoms with Gasteiger partial charge in [-0.1, -0.05) is 48.5 Å². The maximum Gasteiger partial charge on any atom is 0.137 e. The monoisotopic (exact) mass is 309 g/mol. The Bertz CT molecular complexity index is 1100. The Morgan fingerprint density at radius 2 is 1.46 bits per heavy atom. The molecule has 0 aliphatic rings. The summed E-state index contributed by atoms with van der Waals surface area (Å²) in [5, 5.41) is 2.55. The van der Waals surface area contributed by atoms with Crippen LogP contribution < -0.4 is 0 Å². The Morgan fingerprint density at radius 1 is 0.750 bits per heavy atom. The molecule has 3 heteroatoms. The molecule has 3 nitrogen and oxygen atoms in total. The lowest BCUT2D eigenvalue weighted by atomic mass is 10.2. The van der Waals surface area contributed by atoms with Gasteiger partial charge >= 0.3 is 0 Å². The van der Waals surface area contributed by atoms with Gasteiger partial charge in [-0.05, 0) is 24.3 Å². The maximum absolute atomic E-state index is 4.37. The van der Waals surface area contributed by atoms with Crippen LogP contribution in [0, 0.1) is 0 Å². The van der Waals surface area contributed by atoms with E-state index in [1.54, 1.807) is 6.20 Å². The molecule has 0 radical (unpaired) electrons. The minimum atomic E-state index is 0.887. The number of benzene rings is 3. The van der Waals surface area contributed by atoms with Gasteiger partial charge in [-0.2, -0.15) is 0 Å². The van der Waals surface area contributed by atoms with Gasteiger partial charge in [-0.15, -0.1) is 0 Å². The average Bonchev–Trinajstić information content (AvgIpc) is 3.28. The second kappa shape index (κ2) is 5.10. The number of imidazole rings is 1. The first-order valence-electron chi connectivity index (χ1n) is 8.00. The molecular formula is C21H15N3. The third-order valence-electron chi connectivity index (χ3n) is 4.46. The van der Waals surface area contributed by atoms with E-state index in [0.29, 0.717) is 0 Å². The standard InChI is InChI=1S/C21H15N3/c1-3-10-19-17(8-1)18-9-2-4-11-20(18)24(19)16-7-5-6-15(14-16)21-22-12-13-23-21/h1-14H,(H,22,23). The zero-order valence-corrected chi connectivity index (χ0v) is 13.0. The minimum Gasteiger partial charge on any atom is -0.345 e. The van der Waals surface area contributed by atoms with Crippen molar-refractivity contribution in [3.05, 3.63) is 85.2 Å². The van der Waals surface area contributed by atoms with Crippen LogP contribution in [-0.4, -0.2) is 14.5 Å². The first kappa shape index (κ1) is 13.1. The number of fused-ring (bicyclic) bond motifs is 3. The topological polar surface area (TPSA) is 33.6 Å². The van der Waals surface area contributed by atoms with E-state index < -0.39 is 0 Å². The normalized spacial score (nSPS) is 11.3. The van der Waals surface area contributed by atoms with Crippen LogP contribution in [0.3, 0.4) is 0 Å². The van der Waals surface area contributed by atoms with E-state index in [-0.39, 0.29) is 0 Å². The van der Waals surface area contributed by atoms with Crippen LogP contribution in [0.4, 0.5) is 0 Å². The molecule has 0 unspecified atom stereocenters. The van der Waals surface area contributed by atoms with Crippen molar-refractivity contribution in [2.45, 2.75) is 0 Å². The Hall–Kier alpha value is -3.33. The molecule has 1 N–H and O–H groups in total. The van der Waals surface area contributed by atoms with Gasteiger partial charge in [0.1, 0.15) is 5.82 Å². The number of rotatable bonds is 2. The zero-order chi connectivity index (χ0) is 15.9. The lowest BCUT2D eigenvalue weighted by Gasteiger charge is -2.09. The molecule has 0 saturated carbocycles. The van der Waals surface area contributed by atoms with Gasteiger partial charge in [0.25, 0.3) is 0 Å². The number of hydrogen-bond acceptors (Lipinski definition) is 1. The summed E-state index contributed by atoms with van der Waals surface area (Å²) in [7, 11) is 0. The number of nitrogens with zero attached hydrogens (tertiary/aromatic N) is 2. The van der Waals surface area contributed by atoms with Crippen molar-refractivity contribution in [2.24, 2.45) is 0 Å². The van der Waals surface area contributed by atoms with E-state index in [1.165, 1.54) is 21.8 Å². The van der Waals surface area contributed by atoms with Gasteiger partial charge in [-0.25, -0.2) is 4.98 Å². The molecule has 0 aliphatic carbocycles. The Labute approximate surface area is 139 Å². The van der Waals surface area contributed by atoms with Crippen molar-refractivity contribution in [3.8, 4) is 17.1 Å². The molecule has 0 bridgehead atoms. The summed E-state index contributed by atoms with van der Waals surface area (Å²) in [6.07, 6.45) is 3.63. The van der Waals surface area contributed by atoms with Crippen LogP contribution >= 0.6 is 0 Å². The minimum absolute atomic E-state index is 0.887. The highest BCUT2D eigenvalue weighted by molar-refractivity contribution is 6.09. The van der Waals surface area contributed by atoms with Crippen LogP contribution in [0.25, 0.3) is 38.9 Å². The number of nitrogens with one attached hydrogen (secondary N) is 1. The maximum atomic E-state index is 4.37. The molecular weight excluding hydrogens is 294 g/mol. The van der Waals surface area contributed by atoms with E-state index in [4.69, 9.17) is 0 Å². The zero-order valence-electron chi connectivity index (χ0n) is 13.0. The van der Waals surface area contributed by atoms with Gasteiger partial charge in [0.05, 0.1) is 11.0 Å². The summed E-state index contributed by atoms with van der Waals surface area (Å²) >= 11 is 0. The summed E-state index contributed by atoms with van der Waals surface area (Å²) in [5.74, 6) is 0.887. The fourth-order valence-corrected chi connectivity index (χ4v) is 3.42. The molecule has 0 atom stereocenters. The number of aromatic nitrogens is 3. The highest BCUT2D eigenvalue weighted by Crippen LogP contribution is 2.32. The summed E-state index contributed by atoms with van der Waals surface area (Å²) in [5.41, 5.74) is 4.66. The molecule has 24 heavy (non-hydrogen) atoms. The Kier molecular flexibility index (Phi) is 2.79. The summed E-state index contributed by atoms with van der Waals surface area (Å²) in [6, 6.07) is 25.6. The van der Waals surface area contributed by atoms with Gasteiger partial charge in [-0.3, -0.25) is 0 Å². The van der Waals surface area contributed by atoms with Crippen molar-refractivity contribution in [2.75, 3.05) is 0 Å². The molecule has 5 aromatic rings. The van der Waals surface area contributed by atoms with Gasteiger partial charge in [0.15, 0.2) is 0 Å². The second-order valence-corrected chi connectivity index (χ2v) is 5.86. The van der Waals surface area contributed by atoms with Crippen LogP contribution in [0.15, 0.2) is 85.2 Å². The summed E-state index contributed by atoms with van der Waals surface area (Å²) in [6.45, 7) is 0. The number of para-hydroxylation sites is 2. The highest BCUT2D eigenvalue weighted by atomic mass is 15.0. The van der Waals surface area contributed by atoms with E-state index in [9.17, 15) is 0 Å². The fraction of sp³-hybridized carbons (Fsp3) is 0. The average molecular weight is 309 g/mol. The summed E-state index contributed by atoms with van der Waals surface area (Å²) < 4.78 is 2.32. The molecule has 0 aliphatic heterocycles. The van der Waals surface area contributed by atoms with Crippen molar-refractivity contribution in [1.29, 1.82) is 0 Å². The van der Waals surface area contributed by atoms with E-state index >= 15 is 0 Å². The number of hydrogen-bond donors (Lipinski definition) is 1.